The third kappa shape index (κ3) is 2.50. The van der Waals surface area contributed by atoms with Gasteiger partial charge in [0.1, 0.15) is 0 Å². The molecule has 0 aromatic heterocycles. The summed E-state index contributed by atoms with van der Waals surface area (Å²) in [6.45, 7) is 15.5. The normalized spacial score (nSPS) is 31.1. The van der Waals surface area contributed by atoms with E-state index in [-0.39, 0.29) is 0 Å². The van der Waals surface area contributed by atoms with Crippen molar-refractivity contribution in [3.63, 3.8) is 0 Å². The van der Waals surface area contributed by atoms with E-state index in [9.17, 15) is 0 Å². The molecule has 0 unspecified atom stereocenters. The lowest BCUT2D eigenvalue weighted by molar-refractivity contribution is 0.0225. The Morgan fingerprint density at radius 2 is 1.79 bits per heavy atom. The molecule has 1 saturated heterocycles. The maximum absolute atomic E-state index is 2.67. The summed E-state index contributed by atoms with van der Waals surface area (Å²) in [6, 6.07) is 1.46. The van der Waals surface area contributed by atoms with Gasteiger partial charge in [-0.15, -0.1) is 0 Å². The van der Waals surface area contributed by atoms with Crippen molar-refractivity contribution >= 4 is 0 Å². The van der Waals surface area contributed by atoms with Crippen molar-refractivity contribution in [1.29, 1.82) is 0 Å². The van der Waals surface area contributed by atoms with Crippen LogP contribution in [0.5, 0.6) is 0 Å². The van der Waals surface area contributed by atoms with Crippen molar-refractivity contribution < 1.29 is 0 Å². The van der Waals surface area contributed by atoms with Crippen molar-refractivity contribution in [3.8, 4) is 0 Å². The molecule has 2 atom stereocenters. The molecule has 0 aromatic carbocycles. The first-order chi connectivity index (χ1) is 6.34. The lowest BCUT2D eigenvalue weighted by atomic mass is 9.72. The van der Waals surface area contributed by atoms with Gasteiger partial charge in [0.15, 0.2) is 0 Å². The van der Waals surface area contributed by atoms with Crippen LogP contribution in [0.15, 0.2) is 0 Å². The molecule has 1 aliphatic rings. The van der Waals surface area contributed by atoms with Crippen molar-refractivity contribution in [2.75, 3.05) is 6.54 Å². The van der Waals surface area contributed by atoms with Gasteiger partial charge >= 0.3 is 0 Å². The summed E-state index contributed by atoms with van der Waals surface area (Å²) < 4.78 is 0. The summed E-state index contributed by atoms with van der Waals surface area (Å²) >= 11 is 0. The average Bonchev–Trinajstić information content (AvgIpc) is 2.01. The first-order valence-electron chi connectivity index (χ1n) is 6.09. The molecule has 0 amide bonds. The summed E-state index contributed by atoms with van der Waals surface area (Å²) in [5.41, 5.74) is 0.465. The number of likely N-dealkylation sites (tertiary alicyclic amines) is 1. The molecule has 0 spiro atoms. The van der Waals surface area contributed by atoms with Crippen molar-refractivity contribution in [1.82, 2.24) is 4.90 Å². The van der Waals surface area contributed by atoms with Gasteiger partial charge in [0, 0.05) is 12.1 Å². The summed E-state index contributed by atoms with van der Waals surface area (Å²) in [6.07, 6.45) is 2.79. The highest BCUT2D eigenvalue weighted by atomic mass is 15.2. The molecule has 1 aliphatic heterocycles. The lowest BCUT2D eigenvalue weighted by Gasteiger charge is -2.47. The fraction of sp³-hybridized carbons (Fsp3) is 1.00. The second-order valence-corrected chi connectivity index (χ2v) is 6.19. The molecule has 0 aromatic rings. The fourth-order valence-electron chi connectivity index (χ4n) is 3.05. The monoisotopic (exact) mass is 197 g/mol. The van der Waals surface area contributed by atoms with E-state index in [2.05, 4.69) is 46.4 Å². The van der Waals surface area contributed by atoms with Gasteiger partial charge in [-0.25, -0.2) is 0 Å². The van der Waals surface area contributed by atoms with Crippen LogP contribution in [0.4, 0.5) is 0 Å². The van der Waals surface area contributed by atoms with Gasteiger partial charge in [-0.05, 0) is 51.5 Å². The van der Waals surface area contributed by atoms with Crippen LogP contribution in [0, 0.1) is 11.3 Å². The zero-order valence-electron chi connectivity index (χ0n) is 10.8. The molecule has 14 heavy (non-hydrogen) atoms. The maximum Gasteiger partial charge on any atom is 0.0103 e. The molecular weight excluding hydrogens is 170 g/mol. The topological polar surface area (TPSA) is 3.24 Å². The van der Waals surface area contributed by atoms with Gasteiger partial charge in [-0.2, -0.15) is 0 Å². The zero-order valence-corrected chi connectivity index (χ0v) is 10.8. The molecule has 0 bridgehead atoms. The zero-order chi connectivity index (χ0) is 10.9. The fourth-order valence-corrected chi connectivity index (χ4v) is 3.05. The molecule has 0 N–H and O–H groups in total. The Morgan fingerprint density at radius 3 is 2.21 bits per heavy atom. The highest BCUT2D eigenvalue weighted by Gasteiger charge is 2.36. The Balaban J connectivity index is 2.71. The van der Waals surface area contributed by atoms with Gasteiger partial charge in [0.25, 0.3) is 0 Å². The Bertz CT molecular complexity index is 178. The van der Waals surface area contributed by atoms with Crippen molar-refractivity contribution in [3.05, 3.63) is 0 Å². The van der Waals surface area contributed by atoms with E-state index in [1.165, 1.54) is 19.4 Å². The summed E-state index contributed by atoms with van der Waals surface area (Å²) in [5.74, 6) is 0.860. The van der Waals surface area contributed by atoms with Gasteiger partial charge in [0.2, 0.25) is 0 Å². The SMILES string of the molecule is CC(C)N1CCC[C@H](C(C)(C)C)[C@@H]1C. The van der Waals surface area contributed by atoms with Gasteiger partial charge < -0.3 is 0 Å². The molecule has 1 fully saturated rings. The van der Waals surface area contributed by atoms with Gasteiger partial charge in [0.05, 0.1) is 0 Å². The lowest BCUT2D eigenvalue weighted by Crippen LogP contribution is -2.50. The molecule has 84 valence electrons. The Morgan fingerprint density at radius 1 is 1.21 bits per heavy atom. The Kier molecular flexibility index (Phi) is 3.63. The molecule has 1 heteroatoms. The number of piperidine rings is 1. The number of hydrogen-bond donors (Lipinski definition) is 0. The van der Waals surface area contributed by atoms with E-state index >= 15 is 0 Å². The molecule has 1 nitrogen and oxygen atoms in total. The van der Waals surface area contributed by atoms with E-state index in [0.717, 1.165) is 12.0 Å². The number of rotatable bonds is 1. The van der Waals surface area contributed by atoms with Crippen LogP contribution in [0.1, 0.15) is 54.4 Å². The van der Waals surface area contributed by atoms with E-state index < -0.39 is 0 Å². The van der Waals surface area contributed by atoms with Crippen LogP contribution in [0.25, 0.3) is 0 Å². The predicted octanol–water partition coefficient (Wildman–Crippen LogP) is 3.54. The van der Waals surface area contributed by atoms with Crippen LogP contribution < -0.4 is 0 Å². The van der Waals surface area contributed by atoms with Gasteiger partial charge in [-0.1, -0.05) is 20.8 Å². The van der Waals surface area contributed by atoms with Gasteiger partial charge in [-0.3, -0.25) is 4.90 Å². The minimum atomic E-state index is 0.465. The largest absolute Gasteiger partial charge is 0.298 e. The minimum Gasteiger partial charge on any atom is -0.298 e. The molecule has 0 saturated carbocycles. The third-order valence-corrected chi connectivity index (χ3v) is 3.81. The Labute approximate surface area is 89.9 Å². The maximum atomic E-state index is 2.67. The minimum absolute atomic E-state index is 0.465. The molecule has 0 aliphatic carbocycles. The van der Waals surface area contributed by atoms with E-state index in [1.807, 2.05) is 0 Å². The van der Waals surface area contributed by atoms with Crippen LogP contribution >= 0.6 is 0 Å². The molecule has 0 radical (unpaired) electrons. The van der Waals surface area contributed by atoms with E-state index in [1.54, 1.807) is 0 Å². The van der Waals surface area contributed by atoms with Crippen molar-refractivity contribution in [2.45, 2.75) is 66.5 Å². The quantitative estimate of drug-likeness (QED) is 0.621. The molecule has 1 rings (SSSR count). The summed E-state index contributed by atoms with van der Waals surface area (Å²) in [5, 5.41) is 0. The van der Waals surface area contributed by atoms with E-state index in [0.29, 0.717) is 11.5 Å². The Hall–Kier alpha value is -0.0400. The number of nitrogens with zero attached hydrogens (tertiary/aromatic N) is 1. The third-order valence-electron chi connectivity index (χ3n) is 3.81. The first kappa shape index (κ1) is 12.0. The highest BCUT2D eigenvalue weighted by molar-refractivity contribution is 4.89. The highest BCUT2D eigenvalue weighted by Crippen LogP contribution is 2.38. The van der Waals surface area contributed by atoms with E-state index in [4.69, 9.17) is 0 Å². The first-order valence-corrected chi connectivity index (χ1v) is 6.09. The predicted molar refractivity (Wildman–Crippen MR) is 63.5 cm³/mol. The second-order valence-electron chi connectivity index (χ2n) is 6.19. The summed E-state index contributed by atoms with van der Waals surface area (Å²) in [7, 11) is 0. The van der Waals surface area contributed by atoms with Crippen LogP contribution in [0.3, 0.4) is 0 Å². The number of hydrogen-bond acceptors (Lipinski definition) is 1. The standard InChI is InChI=1S/C13H27N/c1-10(2)14-9-7-8-12(11(14)3)13(4,5)6/h10-12H,7-9H2,1-6H3/t11-,12-/m0/s1. The van der Waals surface area contributed by atoms with Crippen molar-refractivity contribution in [2.24, 2.45) is 11.3 Å². The second kappa shape index (κ2) is 4.22. The average molecular weight is 197 g/mol. The summed E-state index contributed by atoms with van der Waals surface area (Å²) in [4.78, 5) is 2.67. The van der Waals surface area contributed by atoms with Crippen LogP contribution in [-0.4, -0.2) is 23.5 Å². The molecular formula is C13H27N. The van der Waals surface area contributed by atoms with Crippen LogP contribution in [0.2, 0.25) is 0 Å². The van der Waals surface area contributed by atoms with Crippen LogP contribution in [-0.2, 0) is 0 Å². The smallest absolute Gasteiger partial charge is 0.0103 e. The molecule has 1 heterocycles.